The Bertz CT molecular complexity index is 1210. The maximum atomic E-state index is 12.2. The second-order valence-electron chi connectivity index (χ2n) is 6.04. The number of hydrogen-bond acceptors (Lipinski definition) is 5. The van der Waals surface area contributed by atoms with Crippen LogP contribution in [-0.4, -0.2) is 18.0 Å². The van der Waals surface area contributed by atoms with E-state index in [9.17, 15) is 4.79 Å². The molecule has 0 bridgehead atoms. The van der Waals surface area contributed by atoms with Crippen molar-refractivity contribution in [3.05, 3.63) is 70.4 Å². The molecule has 4 rings (SSSR count). The topological polar surface area (TPSA) is 64.4 Å². The highest BCUT2D eigenvalue weighted by atomic mass is 35.5. The molecule has 0 saturated carbocycles. The number of hydrogen-bond donors (Lipinski definition) is 1. The summed E-state index contributed by atoms with van der Waals surface area (Å²) in [6.45, 7) is 0. The van der Waals surface area contributed by atoms with Gasteiger partial charge in [0, 0.05) is 21.7 Å². The minimum Gasteiger partial charge on any atom is -0.497 e. The van der Waals surface area contributed by atoms with Crippen molar-refractivity contribution in [2.45, 2.75) is 0 Å². The molecule has 0 aliphatic heterocycles. The molecule has 1 amide bonds. The number of ether oxygens (including phenoxy) is 1. The molecule has 4 aromatic rings. The van der Waals surface area contributed by atoms with Crippen LogP contribution in [0.1, 0.15) is 5.76 Å². The van der Waals surface area contributed by atoms with Gasteiger partial charge < -0.3 is 9.15 Å². The fourth-order valence-corrected chi connectivity index (χ4v) is 4.11. The second kappa shape index (κ2) is 8.29. The average Bonchev–Trinajstić information content (AvgIpc) is 3.31. The molecule has 2 aromatic carbocycles. The van der Waals surface area contributed by atoms with Crippen molar-refractivity contribution in [1.82, 2.24) is 4.98 Å². The largest absolute Gasteiger partial charge is 0.497 e. The van der Waals surface area contributed by atoms with Gasteiger partial charge >= 0.3 is 0 Å². The van der Waals surface area contributed by atoms with Gasteiger partial charge in [0.25, 0.3) is 0 Å². The molecule has 0 spiro atoms. The summed E-state index contributed by atoms with van der Waals surface area (Å²) in [5.74, 6) is 1.57. The summed E-state index contributed by atoms with van der Waals surface area (Å²) < 4.78 is 11.9. The Balaban J connectivity index is 1.45. The normalized spacial score (nSPS) is 11.3. The number of rotatable bonds is 5. The molecule has 0 unspecified atom stereocenters. The highest BCUT2D eigenvalue weighted by Crippen LogP contribution is 2.30. The lowest BCUT2D eigenvalue weighted by molar-refractivity contribution is -0.111. The van der Waals surface area contributed by atoms with E-state index < -0.39 is 0 Å². The lowest BCUT2D eigenvalue weighted by atomic mass is 10.2. The van der Waals surface area contributed by atoms with Crippen LogP contribution in [0.25, 0.3) is 27.6 Å². The van der Waals surface area contributed by atoms with Crippen LogP contribution in [0, 0.1) is 0 Å². The monoisotopic (exact) mass is 444 g/mol. The summed E-state index contributed by atoms with van der Waals surface area (Å²) >= 11 is 13.4. The highest BCUT2D eigenvalue weighted by Gasteiger charge is 2.08. The van der Waals surface area contributed by atoms with E-state index in [0.717, 1.165) is 21.5 Å². The van der Waals surface area contributed by atoms with E-state index in [0.29, 0.717) is 26.7 Å². The van der Waals surface area contributed by atoms with Crippen molar-refractivity contribution in [1.29, 1.82) is 0 Å². The van der Waals surface area contributed by atoms with Gasteiger partial charge in [0.05, 0.1) is 17.3 Å². The lowest BCUT2D eigenvalue weighted by Gasteiger charge is -1.99. The Kier molecular flexibility index (Phi) is 5.58. The fraction of sp³-hybridized carbons (Fsp3) is 0.0476. The molecule has 0 radical (unpaired) electrons. The first-order chi connectivity index (χ1) is 14.0. The molecular weight excluding hydrogens is 431 g/mol. The molecule has 0 fully saturated rings. The highest BCUT2D eigenvalue weighted by molar-refractivity contribution is 7.22. The zero-order valence-electron chi connectivity index (χ0n) is 15.1. The predicted octanol–water partition coefficient (Wildman–Crippen LogP) is 6.52. The van der Waals surface area contributed by atoms with E-state index in [1.165, 1.54) is 17.4 Å². The van der Waals surface area contributed by atoms with Crippen LogP contribution < -0.4 is 10.1 Å². The number of furan rings is 1. The van der Waals surface area contributed by atoms with Gasteiger partial charge in [-0.25, -0.2) is 4.98 Å². The van der Waals surface area contributed by atoms with Crippen molar-refractivity contribution in [2.75, 3.05) is 12.4 Å². The van der Waals surface area contributed by atoms with E-state index in [4.69, 9.17) is 32.4 Å². The third kappa shape index (κ3) is 4.62. The van der Waals surface area contributed by atoms with Gasteiger partial charge in [0.15, 0.2) is 5.13 Å². The first-order valence-electron chi connectivity index (χ1n) is 8.50. The molecule has 0 aliphatic carbocycles. The van der Waals surface area contributed by atoms with Crippen molar-refractivity contribution in [3.8, 4) is 17.1 Å². The number of anilines is 1. The molecule has 146 valence electrons. The number of halogens is 2. The molecule has 29 heavy (non-hydrogen) atoms. The number of thiazole rings is 1. The minimum atomic E-state index is -0.306. The SMILES string of the molecule is COc1ccc2nc(NC(=O)/C=C/c3ccc(-c4cc(Cl)cc(Cl)c4)o3)sc2c1. The van der Waals surface area contributed by atoms with Crippen LogP contribution in [0.5, 0.6) is 5.75 Å². The van der Waals surface area contributed by atoms with Crippen LogP contribution in [0.2, 0.25) is 10.0 Å². The van der Waals surface area contributed by atoms with E-state index in [-0.39, 0.29) is 5.91 Å². The third-order valence-electron chi connectivity index (χ3n) is 4.00. The summed E-state index contributed by atoms with van der Waals surface area (Å²) in [4.78, 5) is 16.6. The number of fused-ring (bicyclic) bond motifs is 1. The van der Waals surface area contributed by atoms with Gasteiger partial charge in [-0.3, -0.25) is 10.1 Å². The lowest BCUT2D eigenvalue weighted by Crippen LogP contribution is -2.07. The maximum absolute atomic E-state index is 12.2. The van der Waals surface area contributed by atoms with Crippen molar-refractivity contribution in [2.24, 2.45) is 0 Å². The first-order valence-corrected chi connectivity index (χ1v) is 10.1. The fourth-order valence-electron chi connectivity index (χ4n) is 2.68. The Morgan fingerprint density at radius 2 is 1.93 bits per heavy atom. The van der Waals surface area contributed by atoms with Crippen molar-refractivity contribution < 1.29 is 13.9 Å². The number of methoxy groups -OCH3 is 1. The van der Waals surface area contributed by atoms with Crippen molar-refractivity contribution >= 4 is 61.9 Å². The molecular formula is C21H14Cl2N2O3S. The number of benzene rings is 2. The predicted molar refractivity (Wildman–Crippen MR) is 118 cm³/mol. The van der Waals surface area contributed by atoms with Crippen LogP contribution in [0.3, 0.4) is 0 Å². The number of carbonyl (C=O) groups is 1. The van der Waals surface area contributed by atoms with Gasteiger partial charge in [-0.2, -0.15) is 0 Å². The average molecular weight is 445 g/mol. The molecule has 8 heteroatoms. The molecule has 0 saturated heterocycles. The number of nitrogens with zero attached hydrogens (tertiary/aromatic N) is 1. The van der Waals surface area contributed by atoms with Crippen LogP contribution in [0.15, 0.2) is 59.0 Å². The third-order valence-corrected chi connectivity index (χ3v) is 5.37. The van der Waals surface area contributed by atoms with E-state index >= 15 is 0 Å². The summed E-state index contributed by atoms with van der Waals surface area (Å²) in [5.41, 5.74) is 1.56. The molecule has 5 nitrogen and oxygen atoms in total. The zero-order chi connectivity index (χ0) is 20.4. The number of aromatic nitrogens is 1. The smallest absolute Gasteiger partial charge is 0.250 e. The molecule has 1 N–H and O–H groups in total. The van der Waals surface area contributed by atoms with E-state index in [2.05, 4.69) is 10.3 Å². The van der Waals surface area contributed by atoms with Crippen molar-refractivity contribution in [3.63, 3.8) is 0 Å². The van der Waals surface area contributed by atoms with Gasteiger partial charge in [-0.05, 0) is 54.6 Å². The number of carbonyl (C=O) groups excluding carboxylic acids is 1. The van der Waals surface area contributed by atoms with Crippen LogP contribution >= 0.6 is 34.5 Å². The Hall–Kier alpha value is -2.80. The van der Waals surface area contributed by atoms with Gasteiger partial charge in [0.2, 0.25) is 5.91 Å². The Morgan fingerprint density at radius 3 is 2.69 bits per heavy atom. The van der Waals surface area contributed by atoms with Crippen LogP contribution in [-0.2, 0) is 4.79 Å². The number of amides is 1. The molecule has 0 aliphatic rings. The Morgan fingerprint density at radius 1 is 1.14 bits per heavy atom. The quantitative estimate of drug-likeness (QED) is 0.355. The molecule has 2 aromatic heterocycles. The van der Waals surface area contributed by atoms with E-state index in [1.54, 1.807) is 43.5 Å². The summed E-state index contributed by atoms with van der Waals surface area (Å²) in [6, 6.07) is 14.3. The van der Waals surface area contributed by atoms with Gasteiger partial charge in [-0.1, -0.05) is 34.5 Å². The summed E-state index contributed by atoms with van der Waals surface area (Å²) in [6.07, 6.45) is 2.97. The summed E-state index contributed by atoms with van der Waals surface area (Å²) in [7, 11) is 1.61. The number of nitrogens with one attached hydrogen (secondary N) is 1. The second-order valence-corrected chi connectivity index (χ2v) is 7.94. The standard InChI is InChI=1S/C21H14Cl2N2O3S/c1-27-16-2-5-17-19(11-16)29-21(24-17)25-20(26)7-4-15-3-6-18(28-15)12-8-13(22)10-14(23)9-12/h2-11H,1H3,(H,24,25,26)/b7-4+. The minimum absolute atomic E-state index is 0.306. The molecule has 0 atom stereocenters. The zero-order valence-corrected chi connectivity index (χ0v) is 17.4. The van der Waals surface area contributed by atoms with Gasteiger partial charge in [0.1, 0.15) is 17.3 Å². The molecule has 2 heterocycles. The van der Waals surface area contributed by atoms with Crippen LogP contribution in [0.4, 0.5) is 5.13 Å². The van der Waals surface area contributed by atoms with Gasteiger partial charge in [-0.15, -0.1) is 0 Å². The maximum Gasteiger partial charge on any atom is 0.250 e. The summed E-state index contributed by atoms with van der Waals surface area (Å²) in [5, 5.41) is 4.31. The van der Waals surface area contributed by atoms with E-state index in [1.807, 2.05) is 18.2 Å². The first kappa shape index (κ1) is 19.5. The Labute approximate surface area is 180 Å².